The van der Waals surface area contributed by atoms with Gasteiger partial charge in [0.15, 0.2) is 0 Å². The van der Waals surface area contributed by atoms with Crippen LogP contribution in [0.25, 0.3) is 0 Å². The zero-order valence-corrected chi connectivity index (χ0v) is 14.6. The second kappa shape index (κ2) is 6.56. The largest absolute Gasteiger partial charge is 0.495 e. The first-order valence-corrected chi connectivity index (χ1v) is 7.70. The molecule has 0 aromatic heterocycles. The molecule has 2 aromatic carbocycles. The molecule has 3 nitrogen and oxygen atoms in total. The molecule has 0 aliphatic carbocycles. The minimum absolute atomic E-state index is 0.372. The third-order valence-corrected chi connectivity index (χ3v) is 4.07. The first-order valence-electron chi connectivity index (χ1n) is 5.71. The molecule has 0 fully saturated rings. The Balaban J connectivity index is 2.35. The molecule has 0 spiro atoms. The minimum atomic E-state index is 0.372. The molecule has 3 N–H and O–H groups in total. The smallest absolute Gasteiger partial charge is 0.142 e. The Bertz CT molecular complexity index is 662. The number of nitrogens with two attached hydrogens (primary N) is 1. The maximum absolute atomic E-state index is 5.61. The summed E-state index contributed by atoms with van der Waals surface area (Å²) >= 11 is 11.9. The van der Waals surface area contributed by atoms with E-state index in [0.717, 1.165) is 31.6 Å². The van der Waals surface area contributed by atoms with Gasteiger partial charge in [0.1, 0.15) is 10.7 Å². The summed E-state index contributed by atoms with van der Waals surface area (Å²) in [5.74, 6) is 0.763. The maximum Gasteiger partial charge on any atom is 0.142 e. The van der Waals surface area contributed by atoms with Crippen molar-refractivity contribution < 1.29 is 4.74 Å². The molecule has 6 heteroatoms. The van der Waals surface area contributed by atoms with Crippen LogP contribution < -0.4 is 15.8 Å². The van der Waals surface area contributed by atoms with Gasteiger partial charge >= 0.3 is 0 Å². The highest BCUT2D eigenvalue weighted by Crippen LogP contribution is 2.33. The molecule has 2 aromatic rings. The van der Waals surface area contributed by atoms with Gasteiger partial charge < -0.3 is 15.8 Å². The molecule has 0 radical (unpaired) electrons. The predicted molar refractivity (Wildman–Crippen MR) is 94.0 cm³/mol. The molecule has 0 bridgehead atoms. The van der Waals surface area contributed by atoms with Gasteiger partial charge in [0.2, 0.25) is 0 Å². The van der Waals surface area contributed by atoms with E-state index in [2.05, 4.69) is 37.2 Å². The van der Waals surface area contributed by atoms with Gasteiger partial charge in [0.25, 0.3) is 0 Å². The van der Waals surface area contributed by atoms with Crippen molar-refractivity contribution in [2.45, 2.75) is 0 Å². The van der Waals surface area contributed by atoms with Crippen molar-refractivity contribution in [2.24, 2.45) is 5.73 Å². The third kappa shape index (κ3) is 3.50. The van der Waals surface area contributed by atoms with Crippen LogP contribution in [-0.2, 0) is 0 Å². The number of hydrogen-bond acceptors (Lipinski definition) is 3. The van der Waals surface area contributed by atoms with Gasteiger partial charge in [0, 0.05) is 14.5 Å². The average Bonchev–Trinajstić information content (AvgIpc) is 2.41. The van der Waals surface area contributed by atoms with Gasteiger partial charge in [-0.3, -0.25) is 0 Å². The van der Waals surface area contributed by atoms with Crippen LogP contribution >= 0.6 is 44.1 Å². The van der Waals surface area contributed by atoms with Crippen LogP contribution in [-0.4, -0.2) is 12.1 Å². The van der Waals surface area contributed by atoms with Crippen LogP contribution in [0.3, 0.4) is 0 Å². The first-order chi connectivity index (χ1) is 9.51. The lowest BCUT2D eigenvalue weighted by molar-refractivity contribution is 0.417. The van der Waals surface area contributed by atoms with E-state index >= 15 is 0 Å². The molecule has 104 valence electrons. The van der Waals surface area contributed by atoms with E-state index in [-0.39, 0.29) is 0 Å². The zero-order chi connectivity index (χ0) is 14.7. The quantitative estimate of drug-likeness (QED) is 0.716. The van der Waals surface area contributed by atoms with E-state index in [0.29, 0.717) is 4.99 Å². The average molecular weight is 416 g/mol. The standard InChI is InChI=1S/C14H12Br2N2OS/c1-19-13-5-3-9(15)7-12(13)18-11-4-2-8(14(17)20)6-10(11)16/h2-7,18H,1H3,(H2,17,20). The zero-order valence-electron chi connectivity index (χ0n) is 10.6. The number of benzene rings is 2. The van der Waals surface area contributed by atoms with Crippen molar-refractivity contribution in [3.05, 3.63) is 50.9 Å². The number of thiocarbonyl (C=S) groups is 1. The first kappa shape index (κ1) is 15.3. The van der Waals surface area contributed by atoms with E-state index in [1.165, 1.54) is 0 Å². The minimum Gasteiger partial charge on any atom is -0.495 e. The molecule has 0 saturated heterocycles. The summed E-state index contributed by atoms with van der Waals surface area (Å²) in [6.07, 6.45) is 0. The molecule has 0 saturated carbocycles. The van der Waals surface area contributed by atoms with Crippen molar-refractivity contribution in [1.29, 1.82) is 0 Å². The van der Waals surface area contributed by atoms with Gasteiger partial charge in [-0.25, -0.2) is 0 Å². The monoisotopic (exact) mass is 414 g/mol. The molecule has 2 rings (SSSR count). The number of ether oxygens (including phenoxy) is 1. The Morgan fingerprint density at radius 2 is 1.90 bits per heavy atom. The highest BCUT2D eigenvalue weighted by Gasteiger charge is 2.08. The predicted octanol–water partition coefficient (Wildman–Crippen LogP) is 4.60. The second-order valence-electron chi connectivity index (χ2n) is 4.03. The summed E-state index contributed by atoms with van der Waals surface area (Å²) in [6, 6.07) is 11.4. The molecule has 0 aliphatic heterocycles. The lowest BCUT2D eigenvalue weighted by Gasteiger charge is -2.13. The highest BCUT2D eigenvalue weighted by atomic mass is 79.9. The number of nitrogens with one attached hydrogen (secondary N) is 1. The Hall–Kier alpha value is -1.11. The number of methoxy groups -OCH3 is 1. The van der Waals surface area contributed by atoms with Crippen molar-refractivity contribution in [3.8, 4) is 5.75 Å². The number of halogens is 2. The fourth-order valence-electron chi connectivity index (χ4n) is 1.69. The third-order valence-electron chi connectivity index (χ3n) is 2.68. The van der Waals surface area contributed by atoms with Crippen molar-refractivity contribution in [3.63, 3.8) is 0 Å². The molecule has 0 aliphatic rings. The van der Waals surface area contributed by atoms with Crippen LogP contribution in [0.2, 0.25) is 0 Å². The van der Waals surface area contributed by atoms with Crippen LogP contribution in [0.4, 0.5) is 11.4 Å². The van der Waals surface area contributed by atoms with E-state index < -0.39 is 0 Å². The summed E-state index contributed by atoms with van der Waals surface area (Å²) in [5, 5.41) is 3.31. The van der Waals surface area contributed by atoms with Gasteiger partial charge in [-0.1, -0.05) is 28.1 Å². The van der Waals surface area contributed by atoms with Crippen molar-refractivity contribution in [2.75, 3.05) is 12.4 Å². The normalized spacial score (nSPS) is 10.2. The van der Waals surface area contributed by atoms with Crippen LogP contribution in [0.15, 0.2) is 45.3 Å². The number of anilines is 2. The summed E-state index contributed by atoms with van der Waals surface area (Å²) in [4.78, 5) is 0.372. The Labute approximate surface area is 139 Å². The highest BCUT2D eigenvalue weighted by molar-refractivity contribution is 9.10. The molecular formula is C14H12Br2N2OS. The summed E-state index contributed by atoms with van der Waals surface area (Å²) in [7, 11) is 1.64. The van der Waals surface area contributed by atoms with E-state index in [1.807, 2.05) is 36.4 Å². The number of hydrogen-bond donors (Lipinski definition) is 2. The van der Waals surface area contributed by atoms with Crippen LogP contribution in [0.5, 0.6) is 5.75 Å². The van der Waals surface area contributed by atoms with Gasteiger partial charge in [-0.05, 0) is 52.3 Å². The van der Waals surface area contributed by atoms with Crippen LogP contribution in [0, 0.1) is 0 Å². The number of rotatable bonds is 4. The Kier molecular flexibility index (Phi) is 5.01. The molecule has 20 heavy (non-hydrogen) atoms. The summed E-state index contributed by atoms with van der Waals surface area (Å²) in [5.41, 5.74) is 8.20. The SMILES string of the molecule is COc1ccc(Br)cc1Nc1ccc(C(N)=S)cc1Br. The Morgan fingerprint density at radius 1 is 1.15 bits per heavy atom. The topological polar surface area (TPSA) is 47.3 Å². The van der Waals surface area contributed by atoms with Gasteiger partial charge in [-0.2, -0.15) is 0 Å². The lowest BCUT2D eigenvalue weighted by Crippen LogP contribution is -2.09. The molecule has 0 heterocycles. The van der Waals surface area contributed by atoms with E-state index in [4.69, 9.17) is 22.7 Å². The molecule has 0 atom stereocenters. The van der Waals surface area contributed by atoms with Crippen molar-refractivity contribution >= 4 is 60.4 Å². The van der Waals surface area contributed by atoms with E-state index in [1.54, 1.807) is 7.11 Å². The van der Waals surface area contributed by atoms with Gasteiger partial charge in [-0.15, -0.1) is 0 Å². The fraction of sp³-hybridized carbons (Fsp3) is 0.0714. The van der Waals surface area contributed by atoms with Crippen LogP contribution in [0.1, 0.15) is 5.56 Å². The maximum atomic E-state index is 5.61. The Morgan fingerprint density at radius 3 is 2.50 bits per heavy atom. The summed E-state index contributed by atoms with van der Waals surface area (Å²) in [6.45, 7) is 0. The molecular weight excluding hydrogens is 404 g/mol. The molecule has 0 amide bonds. The second-order valence-corrected chi connectivity index (χ2v) is 6.24. The molecule has 0 unspecified atom stereocenters. The summed E-state index contributed by atoms with van der Waals surface area (Å²) < 4.78 is 7.18. The lowest BCUT2D eigenvalue weighted by atomic mass is 10.2. The van der Waals surface area contributed by atoms with Crippen molar-refractivity contribution in [1.82, 2.24) is 0 Å². The van der Waals surface area contributed by atoms with Gasteiger partial charge in [0.05, 0.1) is 18.5 Å². The van der Waals surface area contributed by atoms with E-state index in [9.17, 15) is 0 Å². The fourth-order valence-corrected chi connectivity index (χ4v) is 2.66.